The molecule has 3 aromatic rings. The highest BCUT2D eigenvalue weighted by Crippen LogP contribution is 2.35. The molecule has 1 N–H and O–H groups in total. The first kappa shape index (κ1) is 20.6. The highest BCUT2D eigenvalue weighted by atomic mass is 32.2. The van der Waals surface area contributed by atoms with E-state index in [9.17, 15) is 4.79 Å². The van der Waals surface area contributed by atoms with Gasteiger partial charge in [0, 0.05) is 31.2 Å². The molecule has 1 aromatic carbocycles. The standard InChI is InChI=1S/C19H22N4O5S/c1-23-19(29-5)21-18(22-23)20-17(24)14-7-6-11(28-14)8-13-15(26-3)9-12(25-2)10-16(13)27-4/h6-7,9-10H,8H2,1-5H3,(H,20,22,24). The van der Waals surface area contributed by atoms with Crippen LogP contribution >= 0.6 is 11.8 Å². The molecule has 0 aliphatic carbocycles. The Labute approximate surface area is 172 Å². The van der Waals surface area contributed by atoms with Crippen LogP contribution in [0, 0.1) is 0 Å². The van der Waals surface area contributed by atoms with E-state index in [0.29, 0.717) is 34.6 Å². The minimum absolute atomic E-state index is 0.157. The predicted molar refractivity (Wildman–Crippen MR) is 108 cm³/mol. The molecule has 0 spiro atoms. The third-order valence-corrected chi connectivity index (χ3v) is 4.91. The fourth-order valence-corrected chi connectivity index (χ4v) is 3.27. The molecule has 0 unspecified atom stereocenters. The number of furan rings is 1. The van der Waals surface area contributed by atoms with Gasteiger partial charge >= 0.3 is 0 Å². The number of aryl methyl sites for hydroxylation is 1. The number of benzene rings is 1. The molecule has 3 rings (SSSR count). The molecule has 9 nitrogen and oxygen atoms in total. The average molecular weight is 418 g/mol. The number of nitrogens with one attached hydrogen (secondary N) is 1. The maximum atomic E-state index is 12.5. The number of ether oxygens (including phenoxy) is 3. The van der Waals surface area contributed by atoms with Crippen molar-refractivity contribution in [2.24, 2.45) is 7.05 Å². The molecule has 0 atom stereocenters. The molecule has 0 fully saturated rings. The third kappa shape index (κ3) is 4.48. The summed E-state index contributed by atoms with van der Waals surface area (Å²) in [7, 11) is 6.47. The van der Waals surface area contributed by atoms with Gasteiger partial charge in [-0.2, -0.15) is 4.98 Å². The van der Waals surface area contributed by atoms with Crippen molar-refractivity contribution in [2.75, 3.05) is 32.9 Å². The van der Waals surface area contributed by atoms with Crippen LogP contribution in [0.2, 0.25) is 0 Å². The Hall–Kier alpha value is -3.14. The number of hydrogen-bond donors (Lipinski definition) is 1. The zero-order valence-corrected chi connectivity index (χ0v) is 17.6. The topological polar surface area (TPSA) is 101 Å². The van der Waals surface area contributed by atoms with Crippen LogP contribution in [0.4, 0.5) is 5.95 Å². The van der Waals surface area contributed by atoms with Crippen molar-refractivity contribution >= 4 is 23.6 Å². The number of aromatic nitrogens is 3. The number of hydrogen-bond acceptors (Lipinski definition) is 8. The van der Waals surface area contributed by atoms with Crippen LogP contribution in [-0.4, -0.2) is 48.3 Å². The Morgan fingerprint density at radius 2 is 1.86 bits per heavy atom. The summed E-state index contributed by atoms with van der Waals surface area (Å²) in [6.45, 7) is 0. The molecule has 10 heteroatoms. The van der Waals surface area contributed by atoms with Gasteiger partial charge < -0.3 is 18.6 Å². The van der Waals surface area contributed by atoms with Crippen LogP contribution in [0.1, 0.15) is 21.9 Å². The summed E-state index contributed by atoms with van der Waals surface area (Å²) in [4.78, 5) is 16.7. The molecule has 2 heterocycles. The average Bonchev–Trinajstić information content (AvgIpc) is 3.34. The maximum absolute atomic E-state index is 12.5. The predicted octanol–water partition coefficient (Wildman–Crippen LogP) is 3.00. The van der Waals surface area contributed by atoms with E-state index >= 15 is 0 Å². The molecule has 0 saturated heterocycles. The second-order valence-corrected chi connectivity index (χ2v) is 6.73. The van der Waals surface area contributed by atoms with Crippen LogP contribution < -0.4 is 19.5 Å². The first-order valence-corrected chi connectivity index (χ1v) is 9.85. The minimum atomic E-state index is -0.428. The number of carbonyl (C=O) groups excluding carboxylic acids is 1. The molecule has 0 radical (unpaired) electrons. The van der Waals surface area contributed by atoms with Crippen LogP contribution in [0.25, 0.3) is 0 Å². The fourth-order valence-electron chi connectivity index (χ4n) is 2.79. The van der Waals surface area contributed by atoms with Crippen LogP contribution in [0.5, 0.6) is 17.2 Å². The number of thioether (sulfide) groups is 1. The van der Waals surface area contributed by atoms with Crippen molar-refractivity contribution in [2.45, 2.75) is 11.6 Å². The van der Waals surface area contributed by atoms with Gasteiger partial charge in [0.05, 0.1) is 21.3 Å². The molecule has 2 aromatic heterocycles. The summed E-state index contributed by atoms with van der Waals surface area (Å²) in [5.41, 5.74) is 0.785. The number of anilines is 1. The summed E-state index contributed by atoms with van der Waals surface area (Å²) >= 11 is 1.44. The molecule has 29 heavy (non-hydrogen) atoms. The Balaban J connectivity index is 1.79. The van der Waals surface area contributed by atoms with E-state index in [2.05, 4.69) is 15.4 Å². The molecule has 1 amide bonds. The zero-order chi connectivity index (χ0) is 21.0. The normalized spacial score (nSPS) is 10.7. The lowest BCUT2D eigenvalue weighted by molar-refractivity contribution is 0.0994. The van der Waals surface area contributed by atoms with Gasteiger partial charge in [-0.1, -0.05) is 11.8 Å². The SMILES string of the molecule is COc1cc(OC)c(Cc2ccc(C(=O)Nc3nc(SC)n(C)n3)o2)c(OC)c1. The number of rotatable bonds is 8. The van der Waals surface area contributed by atoms with Crippen LogP contribution in [-0.2, 0) is 13.5 Å². The first-order chi connectivity index (χ1) is 14.0. The van der Waals surface area contributed by atoms with Gasteiger partial charge in [-0.25, -0.2) is 4.68 Å². The van der Waals surface area contributed by atoms with E-state index in [1.165, 1.54) is 11.8 Å². The molecule has 0 bridgehead atoms. The molecular formula is C19H22N4O5S. The highest BCUT2D eigenvalue weighted by Gasteiger charge is 2.18. The Morgan fingerprint density at radius 3 is 2.41 bits per heavy atom. The number of nitrogens with zero attached hydrogens (tertiary/aromatic N) is 3. The Kier molecular flexibility index (Phi) is 6.32. The summed E-state index contributed by atoms with van der Waals surface area (Å²) in [5.74, 6) is 2.35. The van der Waals surface area contributed by atoms with Crippen LogP contribution in [0.3, 0.4) is 0 Å². The van der Waals surface area contributed by atoms with Gasteiger partial charge in [-0.05, 0) is 18.4 Å². The fraction of sp³-hybridized carbons (Fsp3) is 0.316. The van der Waals surface area contributed by atoms with Crippen molar-refractivity contribution in [1.82, 2.24) is 14.8 Å². The zero-order valence-electron chi connectivity index (χ0n) is 16.8. The molecule has 0 saturated carbocycles. The summed E-state index contributed by atoms with van der Waals surface area (Å²) < 4.78 is 23.5. The minimum Gasteiger partial charge on any atom is -0.496 e. The quantitative estimate of drug-likeness (QED) is 0.557. The molecule has 0 aliphatic heterocycles. The monoisotopic (exact) mass is 418 g/mol. The van der Waals surface area contributed by atoms with Crippen molar-refractivity contribution in [3.63, 3.8) is 0 Å². The Morgan fingerprint density at radius 1 is 1.17 bits per heavy atom. The second kappa shape index (κ2) is 8.91. The van der Waals surface area contributed by atoms with Gasteiger partial charge in [0.25, 0.3) is 5.91 Å². The van der Waals surface area contributed by atoms with Crippen molar-refractivity contribution in [1.29, 1.82) is 0 Å². The van der Waals surface area contributed by atoms with E-state index in [-0.39, 0.29) is 11.7 Å². The molecule has 154 valence electrons. The van der Waals surface area contributed by atoms with Gasteiger partial charge in [0.2, 0.25) is 5.95 Å². The molecule has 0 aliphatic rings. The van der Waals surface area contributed by atoms with Gasteiger partial charge in [0.15, 0.2) is 10.9 Å². The van der Waals surface area contributed by atoms with Gasteiger partial charge in [-0.15, -0.1) is 5.10 Å². The Bertz CT molecular complexity index is 989. The largest absolute Gasteiger partial charge is 0.496 e. The van der Waals surface area contributed by atoms with Crippen molar-refractivity contribution in [3.8, 4) is 17.2 Å². The maximum Gasteiger partial charge on any atom is 0.293 e. The first-order valence-electron chi connectivity index (χ1n) is 8.63. The van der Waals surface area contributed by atoms with E-state index in [4.69, 9.17) is 18.6 Å². The lowest BCUT2D eigenvalue weighted by Crippen LogP contribution is -2.12. The number of carbonyl (C=O) groups is 1. The number of amides is 1. The summed E-state index contributed by atoms with van der Waals surface area (Å²) in [6.07, 6.45) is 2.26. The van der Waals surface area contributed by atoms with E-state index in [0.717, 1.165) is 5.56 Å². The summed E-state index contributed by atoms with van der Waals surface area (Å²) in [5, 5.41) is 7.48. The van der Waals surface area contributed by atoms with Gasteiger partial charge in [0.1, 0.15) is 23.0 Å². The lowest BCUT2D eigenvalue weighted by atomic mass is 10.1. The van der Waals surface area contributed by atoms with Crippen LogP contribution in [0.15, 0.2) is 33.8 Å². The summed E-state index contributed by atoms with van der Waals surface area (Å²) in [6, 6.07) is 6.87. The third-order valence-electron chi connectivity index (χ3n) is 4.18. The highest BCUT2D eigenvalue weighted by molar-refractivity contribution is 7.98. The van der Waals surface area contributed by atoms with Crippen molar-refractivity contribution < 1.29 is 23.4 Å². The van der Waals surface area contributed by atoms with E-state index < -0.39 is 5.91 Å². The lowest BCUT2D eigenvalue weighted by Gasteiger charge is -2.14. The second-order valence-electron chi connectivity index (χ2n) is 5.95. The van der Waals surface area contributed by atoms with E-state index in [1.807, 2.05) is 6.26 Å². The van der Waals surface area contributed by atoms with Crippen molar-refractivity contribution in [3.05, 3.63) is 41.3 Å². The number of methoxy groups -OCH3 is 3. The van der Waals surface area contributed by atoms with E-state index in [1.54, 1.807) is 57.3 Å². The molecular weight excluding hydrogens is 396 g/mol. The smallest absolute Gasteiger partial charge is 0.293 e. The van der Waals surface area contributed by atoms with Gasteiger partial charge in [-0.3, -0.25) is 10.1 Å².